The predicted molar refractivity (Wildman–Crippen MR) is 128 cm³/mol. The molecule has 0 atom stereocenters. The molecule has 0 aliphatic heterocycles. The monoisotopic (exact) mass is 413 g/mol. The Labute approximate surface area is 183 Å². The minimum absolute atomic E-state index is 0.525. The first kappa shape index (κ1) is 20.6. The molecule has 1 heterocycles. The van der Waals surface area contributed by atoms with Gasteiger partial charge in [-0.15, -0.1) is 0 Å². The molecule has 0 bridgehead atoms. The summed E-state index contributed by atoms with van der Waals surface area (Å²) in [5.74, 6) is 1.26. The van der Waals surface area contributed by atoms with Crippen molar-refractivity contribution in [2.24, 2.45) is 0 Å². The Morgan fingerprint density at radius 3 is 2.84 bits per heavy atom. The van der Waals surface area contributed by atoms with Crippen LogP contribution < -0.4 is 16.0 Å². The molecule has 1 aromatic heterocycles. The summed E-state index contributed by atoms with van der Waals surface area (Å²) in [5.41, 5.74) is 7.77. The van der Waals surface area contributed by atoms with E-state index < -0.39 is 0 Å². The van der Waals surface area contributed by atoms with Gasteiger partial charge >= 0.3 is 0 Å². The van der Waals surface area contributed by atoms with Crippen LogP contribution in [0.15, 0.2) is 66.9 Å². The van der Waals surface area contributed by atoms with Crippen molar-refractivity contribution < 1.29 is 4.74 Å². The van der Waals surface area contributed by atoms with Gasteiger partial charge in [0.2, 0.25) is 5.95 Å². The summed E-state index contributed by atoms with van der Waals surface area (Å²) in [6.07, 6.45) is 5.01. The van der Waals surface area contributed by atoms with Gasteiger partial charge in [-0.1, -0.05) is 36.4 Å². The second-order valence-corrected chi connectivity index (χ2v) is 7.58. The van der Waals surface area contributed by atoms with Gasteiger partial charge in [0.1, 0.15) is 5.82 Å². The summed E-state index contributed by atoms with van der Waals surface area (Å²) in [6.45, 7) is 7.60. The summed E-state index contributed by atoms with van der Waals surface area (Å²) in [6, 6.07) is 16.3. The lowest BCUT2D eigenvalue weighted by molar-refractivity contribution is 0.203. The maximum atomic E-state index is 5.07. The van der Waals surface area contributed by atoms with Crippen molar-refractivity contribution in [2.75, 3.05) is 30.9 Å². The minimum atomic E-state index is 0.525. The summed E-state index contributed by atoms with van der Waals surface area (Å²) >= 11 is 0. The van der Waals surface area contributed by atoms with Crippen LogP contribution in [0.4, 0.5) is 23.1 Å². The SMILES string of the molecule is C=C(NCCOC)c1cccc(Nc2nccc(Nc3ccc4c(c3)C=C(C)C4)n2)c1. The number of hydrogen-bond acceptors (Lipinski definition) is 6. The molecule has 6 heteroatoms. The number of benzene rings is 2. The Hall–Kier alpha value is -3.64. The number of nitrogens with zero attached hydrogens (tertiary/aromatic N) is 2. The van der Waals surface area contributed by atoms with E-state index in [0.29, 0.717) is 19.1 Å². The second-order valence-electron chi connectivity index (χ2n) is 7.58. The van der Waals surface area contributed by atoms with Crippen LogP contribution in [0.1, 0.15) is 23.6 Å². The van der Waals surface area contributed by atoms with E-state index in [0.717, 1.165) is 34.9 Å². The average Bonchev–Trinajstić information content (AvgIpc) is 3.13. The molecule has 158 valence electrons. The van der Waals surface area contributed by atoms with Crippen LogP contribution in [0.25, 0.3) is 11.8 Å². The Morgan fingerprint density at radius 1 is 1.10 bits per heavy atom. The van der Waals surface area contributed by atoms with Crippen molar-refractivity contribution in [2.45, 2.75) is 13.3 Å². The maximum Gasteiger partial charge on any atom is 0.229 e. The average molecular weight is 414 g/mol. The first-order valence-corrected chi connectivity index (χ1v) is 10.3. The molecule has 0 spiro atoms. The van der Waals surface area contributed by atoms with Gasteiger partial charge in [-0.25, -0.2) is 4.98 Å². The smallest absolute Gasteiger partial charge is 0.229 e. The number of fused-ring (bicyclic) bond motifs is 1. The van der Waals surface area contributed by atoms with Crippen molar-refractivity contribution in [3.8, 4) is 0 Å². The van der Waals surface area contributed by atoms with Crippen LogP contribution in [0.2, 0.25) is 0 Å². The highest BCUT2D eigenvalue weighted by Crippen LogP contribution is 2.28. The van der Waals surface area contributed by atoms with Gasteiger partial charge in [-0.2, -0.15) is 4.98 Å². The van der Waals surface area contributed by atoms with Crippen molar-refractivity contribution in [1.29, 1.82) is 0 Å². The summed E-state index contributed by atoms with van der Waals surface area (Å²) in [7, 11) is 1.68. The number of nitrogens with one attached hydrogen (secondary N) is 3. The van der Waals surface area contributed by atoms with Crippen molar-refractivity contribution in [3.05, 3.63) is 83.6 Å². The lowest BCUT2D eigenvalue weighted by Gasteiger charge is -2.12. The van der Waals surface area contributed by atoms with Crippen molar-refractivity contribution in [1.82, 2.24) is 15.3 Å². The Morgan fingerprint density at radius 2 is 1.97 bits per heavy atom. The van der Waals surface area contributed by atoms with E-state index in [9.17, 15) is 0 Å². The number of rotatable bonds is 9. The molecule has 3 aromatic rings. The quantitative estimate of drug-likeness (QED) is 0.423. The molecular formula is C25H27N5O. The maximum absolute atomic E-state index is 5.07. The molecule has 0 radical (unpaired) electrons. The molecule has 31 heavy (non-hydrogen) atoms. The van der Waals surface area contributed by atoms with Crippen molar-refractivity contribution in [3.63, 3.8) is 0 Å². The van der Waals surface area contributed by atoms with E-state index in [1.807, 2.05) is 30.3 Å². The molecule has 0 saturated heterocycles. The fourth-order valence-electron chi connectivity index (χ4n) is 3.54. The fourth-order valence-corrected chi connectivity index (χ4v) is 3.54. The zero-order chi connectivity index (χ0) is 21.6. The van der Waals surface area contributed by atoms with Gasteiger partial charge in [-0.05, 0) is 60.4 Å². The van der Waals surface area contributed by atoms with Crippen LogP contribution >= 0.6 is 0 Å². The van der Waals surface area contributed by atoms with E-state index in [-0.39, 0.29) is 0 Å². The van der Waals surface area contributed by atoms with Gasteiger partial charge in [0.25, 0.3) is 0 Å². The lowest BCUT2D eigenvalue weighted by Crippen LogP contribution is -2.17. The third-order valence-electron chi connectivity index (χ3n) is 5.06. The molecule has 0 unspecified atom stereocenters. The number of ether oxygens (including phenoxy) is 1. The van der Waals surface area contributed by atoms with Crippen molar-refractivity contribution >= 4 is 34.9 Å². The molecular weight excluding hydrogens is 386 g/mol. The summed E-state index contributed by atoms with van der Waals surface area (Å²) in [4.78, 5) is 8.96. The van der Waals surface area contributed by atoms with Gasteiger partial charge in [0.05, 0.1) is 6.61 Å². The van der Waals surface area contributed by atoms with E-state index >= 15 is 0 Å². The molecule has 1 aliphatic carbocycles. The third-order valence-corrected chi connectivity index (χ3v) is 5.06. The molecule has 6 nitrogen and oxygen atoms in total. The number of aromatic nitrogens is 2. The molecule has 0 fully saturated rings. The summed E-state index contributed by atoms with van der Waals surface area (Å²) in [5, 5.41) is 9.91. The standard InChI is InChI=1S/C25H27N5O/c1-17-13-20-7-8-23(16-21(20)14-17)28-24-9-10-27-25(30-24)29-22-6-4-5-19(15-22)18(2)26-11-12-31-3/h4-10,14-16,26H,2,11-13H2,1,3H3,(H2,27,28,29,30). The molecule has 1 aliphatic rings. The van der Waals surface area contributed by atoms with Crippen LogP contribution in [0.3, 0.4) is 0 Å². The van der Waals surface area contributed by atoms with Crippen LogP contribution in [-0.4, -0.2) is 30.2 Å². The van der Waals surface area contributed by atoms with Crippen LogP contribution in [0.5, 0.6) is 0 Å². The minimum Gasteiger partial charge on any atom is -0.383 e. The highest BCUT2D eigenvalue weighted by molar-refractivity contribution is 5.70. The normalized spacial score (nSPS) is 12.1. The largest absolute Gasteiger partial charge is 0.383 e. The number of allylic oxidation sites excluding steroid dienone is 1. The highest BCUT2D eigenvalue weighted by atomic mass is 16.5. The van der Waals surface area contributed by atoms with Gasteiger partial charge in [0.15, 0.2) is 0 Å². The van der Waals surface area contributed by atoms with Gasteiger partial charge < -0.3 is 20.7 Å². The molecule has 0 saturated carbocycles. The van der Waals surface area contributed by atoms with Gasteiger partial charge in [0, 0.05) is 36.9 Å². The molecule has 4 rings (SSSR count). The molecule has 0 amide bonds. The van der Waals surface area contributed by atoms with Gasteiger partial charge in [-0.3, -0.25) is 0 Å². The molecule has 3 N–H and O–H groups in total. The zero-order valence-electron chi connectivity index (χ0n) is 17.9. The molecule has 2 aromatic carbocycles. The van der Waals surface area contributed by atoms with Crippen LogP contribution in [-0.2, 0) is 11.2 Å². The first-order chi connectivity index (χ1) is 15.1. The van der Waals surface area contributed by atoms with E-state index in [1.54, 1.807) is 13.3 Å². The second kappa shape index (κ2) is 9.45. The number of anilines is 4. The van der Waals surface area contributed by atoms with E-state index in [1.165, 1.54) is 16.7 Å². The summed E-state index contributed by atoms with van der Waals surface area (Å²) < 4.78 is 5.07. The fraction of sp³-hybridized carbons (Fsp3) is 0.200. The Balaban J connectivity index is 1.44. The van der Waals surface area contributed by atoms with Crippen LogP contribution in [0, 0.1) is 0 Å². The lowest BCUT2D eigenvalue weighted by atomic mass is 10.1. The topological polar surface area (TPSA) is 71.1 Å². The van der Waals surface area contributed by atoms with E-state index in [4.69, 9.17) is 4.74 Å². The Kier molecular flexibility index (Phi) is 6.29. The Bertz CT molecular complexity index is 1120. The highest BCUT2D eigenvalue weighted by Gasteiger charge is 2.10. The first-order valence-electron chi connectivity index (χ1n) is 10.3. The number of methoxy groups -OCH3 is 1. The predicted octanol–water partition coefficient (Wildman–Crippen LogP) is 5.13. The van der Waals surface area contributed by atoms with E-state index in [2.05, 4.69) is 63.7 Å². The zero-order valence-corrected chi connectivity index (χ0v) is 17.9. The third kappa shape index (κ3) is 5.29. The number of hydrogen-bond donors (Lipinski definition) is 3.